The van der Waals surface area contributed by atoms with Crippen LogP contribution in [0, 0.1) is 0 Å². The molecule has 0 spiro atoms. The van der Waals surface area contributed by atoms with Gasteiger partial charge in [-0.2, -0.15) is 0 Å². The Morgan fingerprint density at radius 1 is 0.340 bits per heavy atom. The molecule has 0 N–H and O–H groups in total. The lowest BCUT2D eigenvalue weighted by atomic mass is 10.0. The minimum absolute atomic E-state index is 0.0194. The van der Waals surface area contributed by atoms with E-state index in [1.165, 1.54) is 0 Å². The van der Waals surface area contributed by atoms with Gasteiger partial charge in [0, 0.05) is 38.2 Å². The van der Waals surface area contributed by atoms with Gasteiger partial charge in [-0.15, -0.1) is 0 Å². The Hall–Kier alpha value is -6.85. The number of fused-ring (bicyclic) bond motifs is 6. The molecule has 3 heterocycles. The summed E-state index contributed by atoms with van der Waals surface area (Å²) in [5.74, 6) is 0.533. The van der Waals surface area contributed by atoms with Gasteiger partial charge in [0.25, 0.3) is 0 Å². The molecule has 0 bridgehead atoms. The van der Waals surface area contributed by atoms with E-state index in [0.29, 0.717) is 22.3 Å². The second-order valence-electron chi connectivity index (χ2n) is 11.9. The van der Waals surface area contributed by atoms with Crippen LogP contribution in [0.25, 0.3) is 100 Å². The molecule has 0 saturated carbocycles. The zero-order valence-corrected chi connectivity index (χ0v) is 26.3. The van der Waals surface area contributed by atoms with Gasteiger partial charge in [-0.25, -0.2) is 15.0 Å². The molecular formula is C45H27N3O2. The molecule has 0 aliphatic carbocycles. The smallest absolute Gasteiger partial charge is 0.164 e. The maximum Gasteiger partial charge on any atom is 0.164 e. The van der Waals surface area contributed by atoms with Crippen molar-refractivity contribution in [3.63, 3.8) is 0 Å². The van der Waals surface area contributed by atoms with Crippen LogP contribution in [0.5, 0.6) is 0 Å². The summed E-state index contributed by atoms with van der Waals surface area (Å²) in [6.07, 6.45) is 0. The van der Waals surface area contributed by atoms with Gasteiger partial charge >= 0.3 is 0 Å². The van der Waals surface area contributed by atoms with E-state index in [9.17, 15) is 5.48 Å². The fraction of sp³-hybridized carbons (Fsp3) is 0. The normalized spacial score (nSPS) is 13.3. The average Bonchev–Trinajstić information content (AvgIpc) is 3.83. The van der Waals surface area contributed by atoms with Crippen molar-refractivity contribution in [3.05, 3.63) is 164 Å². The highest BCUT2D eigenvalue weighted by atomic mass is 16.3. The van der Waals surface area contributed by atoms with Crippen LogP contribution >= 0.6 is 0 Å². The zero-order chi connectivity index (χ0) is 38.2. The molecule has 0 aliphatic rings. The fourth-order valence-electron chi connectivity index (χ4n) is 6.33. The van der Waals surface area contributed by atoms with E-state index in [0.717, 1.165) is 27.5 Å². The summed E-state index contributed by atoms with van der Waals surface area (Å²) in [7, 11) is 0. The SMILES string of the molecule is [2H]c1c(-c2ccccc2)c([2H])c2c(oc3c([2H])c(-c4nc(-c5cccc(-c6ccccc6)c5)nc(-c5ccc6c(c5)oc5ccccc56)n4)c([2H])c([2H])c32)c1[2H]. The molecule has 10 rings (SSSR count). The molecule has 50 heavy (non-hydrogen) atoms. The van der Waals surface area contributed by atoms with E-state index in [4.69, 9.17) is 26.5 Å². The molecule has 0 atom stereocenters. The molecule has 0 unspecified atom stereocenters. The lowest BCUT2D eigenvalue weighted by Crippen LogP contribution is -2.00. The Morgan fingerprint density at radius 2 is 0.940 bits per heavy atom. The molecule has 234 valence electrons. The van der Waals surface area contributed by atoms with Gasteiger partial charge in [-0.3, -0.25) is 0 Å². The Bertz CT molecular complexity index is 3220. The van der Waals surface area contributed by atoms with Crippen LogP contribution in [0.4, 0.5) is 0 Å². The van der Waals surface area contributed by atoms with Crippen LogP contribution in [-0.2, 0) is 0 Å². The summed E-state index contributed by atoms with van der Waals surface area (Å²) in [6, 6.07) is 38.5. The highest BCUT2D eigenvalue weighted by Gasteiger charge is 2.17. The number of aromatic nitrogens is 3. The molecule has 5 nitrogen and oxygen atoms in total. The summed E-state index contributed by atoms with van der Waals surface area (Å²) in [5.41, 5.74) is 5.13. The van der Waals surface area contributed by atoms with Crippen molar-refractivity contribution >= 4 is 43.9 Å². The van der Waals surface area contributed by atoms with Crippen LogP contribution in [0.2, 0.25) is 0 Å². The predicted molar refractivity (Wildman–Crippen MR) is 202 cm³/mol. The van der Waals surface area contributed by atoms with Crippen LogP contribution in [0.1, 0.15) is 8.22 Å². The van der Waals surface area contributed by atoms with Crippen molar-refractivity contribution in [1.82, 2.24) is 15.0 Å². The van der Waals surface area contributed by atoms with Crippen molar-refractivity contribution < 1.29 is 17.1 Å². The molecular weight excluding hydrogens is 615 g/mol. The van der Waals surface area contributed by atoms with E-state index in [-0.39, 0.29) is 86.8 Å². The van der Waals surface area contributed by atoms with Gasteiger partial charge in [0.05, 0.1) is 8.22 Å². The van der Waals surface area contributed by atoms with Gasteiger partial charge in [-0.05, 0) is 70.7 Å². The molecule has 0 aliphatic heterocycles. The summed E-state index contributed by atoms with van der Waals surface area (Å²) in [5, 5.41) is 2.06. The molecule has 5 heteroatoms. The quantitative estimate of drug-likeness (QED) is 0.186. The summed E-state index contributed by atoms with van der Waals surface area (Å²) in [4.78, 5) is 14.6. The number of hydrogen-bond acceptors (Lipinski definition) is 5. The fourth-order valence-corrected chi connectivity index (χ4v) is 6.33. The van der Waals surface area contributed by atoms with Gasteiger partial charge in [0.1, 0.15) is 22.3 Å². The first kappa shape index (κ1) is 22.7. The first-order valence-electron chi connectivity index (χ1n) is 19.1. The predicted octanol–water partition coefficient (Wildman–Crippen LogP) is 12.0. The van der Waals surface area contributed by atoms with Crippen LogP contribution in [0.15, 0.2) is 172 Å². The third-order valence-corrected chi connectivity index (χ3v) is 8.80. The Morgan fingerprint density at radius 3 is 1.74 bits per heavy atom. The minimum Gasteiger partial charge on any atom is -0.456 e. The Balaban J connectivity index is 1.22. The minimum atomic E-state index is -0.346. The molecule has 0 amide bonds. The number of para-hydroxylation sites is 1. The van der Waals surface area contributed by atoms with E-state index >= 15 is 0 Å². The number of rotatable bonds is 5. The number of nitrogens with zero attached hydrogens (tertiary/aromatic N) is 3. The third kappa shape index (κ3) is 4.83. The van der Waals surface area contributed by atoms with Crippen LogP contribution in [-0.4, -0.2) is 15.0 Å². The number of hydrogen-bond donors (Lipinski definition) is 0. The largest absolute Gasteiger partial charge is 0.456 e. The molecule has 0 fully saturated rings. The molecule has 0 radical (unpaired) electrons. The van der Waals surface area contributed by atoms with Crippen LogP contribution < -0.4 is 0 Å². The average molecular weight is 648 g/mol. The first-order chi connectivity index (χ1) is 27.3. The van der Waals surface area contributed by atoms with Gasteiger partial charge in [-0.1, -0.05) is 115 Å². The molecule has 0 saturated heterocycles. The highest BCUT2D eigenvalue weighted by Crippen LogP contribution is 2.36. The van der Waals surface area contributed by atoms with Crippen LogP contribution in [0.3, 0.4) is 0 Å². The maximum atomic E-state index is 9.44. The van der Waals surface area contributed by atoms with Gasteiger partial charge in [0.15, 0.2) is 17.5 Å². The summed E-state index contributed by atoms with van der Waals surface area (Å²) in [6.45, 7) is 0. The monoisotopic (exact) mass is 647 g/mol. The van der Waals surface area contributed by atoms with E-state index in [2.05, 4.69) is 0 Å². The second kappa shape index (κ2) is 11.4. The lowest BCUT2D eigenvalue weighted by molar-refractivity contribution is 0.668. The summed E-state index contributed by atoms with van der Waals surface area (Å²) >= 11 is 0. The maximum absolute atomic E-state index is 9.44. The van der Waals surface area contributed by atoms with Crippen molar-refractivity contribution in [1.29, 1.82) is 0 Å². The van der Waals surface area contributed by atoms with Gasteiger partial charge in [0.2, 0.25) is 0 Å². The van der Waals surface area contributed by atoms with Crippen molar-refractivity contribution in [2.24, 2.45) is 0 Å². The lowest BCUT2D eigenvalue weighted by Gasteiger charge is -2.10. The first-order valence-corrected chi connectivity index (χ1v) is 16.1. The zero-order valence-electron chi connectivity index (χ0n) is 32.3. The van der Waals surface area contributed by atoms with E-state index in [1.54, 1.807) is 24.3 Å². The summed E-state index contributed by atoms with van der Waals surface area (Å²) < 4.78 is 67.2. The van der Waals surface area contributed by atoms with E-state index < -0.39 is 0 Å². The van der Waals surface area contributed by atoms with E-state index in [1.807, 2.05) is 103 Å². The van der Waals surface area contributed by atoms with Gasteiger partial charge < -0.3 is 8.83 Å². The topological polar surface area (TPSA) is 65.0 Å². The number of furan rings is 2. The van der Waals surface area contributed by atoms with Crippen molar-refractivity contribution in [3.8, 4) is 56.4 Å². The number of benzene rings is 7. The third-order valence-electron chi connectivity index (χ3n) is 8.80. The molecule has 3 aromatic heterocycles. The van der Waals surface area contributed by atoms with Crippen molar-refractivity contribution in [2.75, 3.05) is 0 Å². The van der Waals surface area contributed by atoms with Crippen molar-refractivity contribution in [2.45, 2.75) is 0 Å². The second-order valence-corrected chi connectivity index (χ2v) is 11.9. The Labute approximate surface area is 295 Å². The molecule has 10 aromatic rings. The Kier molecular flexibility index (Phi) is 5.17. The molecule has 7 aromatic carbocycles. The highest BCUT2D eigenvalue weighted by molar-refractivity contribution is 6.07. The standard InChI is InChI=1S/C45H27N3O2/c1-3-10-28(11-4-1)30-14-9-15-32(24-30)43-46-44(33-18-21-36-35-16-7-8-17-39(35)49-41(36)26-33)48-45(47-43)34-19-22-37-38-25-31(29-12-5-2-6-13-29)20-23-40(38)50-42(37)27-34/h1-27H/i19D,20D,22D,23D,25D,27D.